The van der Waals surface area contributed by atoms with Crippen molar-refractivity contribution in [1.82, 2.24) is 5.32 Å². The van der Waals surface area contributed by atoms with E-state index in [2.05, 4.69) is 16.0 Å². The molecule has 7 nitrogen and oxygen atoms in total. The molecule has 13 heteroatoms. The summed E-state index contributed by atoms with van der Waals surface area (Å²) in [5, 5.41) is 18.3. The Morgan fingerprint density at radius 3 is 2.27 bits per heavy atom. The molecule has 4 unspecified atom stereocenters. The fraction of sp³-hybridized carbons (Fsp3) is 0.222. The van der Waals surface area contributed by atoms with E-state index in [0.717, 1.165) is 6.07 Å². The molecule has 0 radical (unpaired) electrons. The first-order chi connectivity index (χ1) is 18.7. The maximum absolute atomic E-state index is 16.4. The number of hydrogen-bond acceptors (Lipinski definition) is 4. The van der Waals surface area contributed by atoms with E-state index in [9.17, 15) is 19.5 Å². The Morgan fingerprint density at radius 2 is 1.65 bits per heavy atom. The van der Waals surface area contributed by atoms with Crippen molar-refractivity contribution in [2.75, 3.05) is 10.6 Å². The number of halogens is 6. The molecule has 2 aliphatic heterocycles. The van der Waals surface area contributed by atoms with Crippen LogP contribution in [0.15, 0.2) is 54.6 Å². The molecule has 2 heterocycles. The van der Waals surface area contributed by atoms with Crippen molar-refractivity contribution in [3.63, 3.8) is 0 Å². The standard InChI is InChI=1S/C27H19Cl4F2N3O4/c1-11-3-2-4-12(5-11)27(32,33)22-19(23(37)34-16-7-13(28)6-14(29)8-16)20(24(38)39)26(36-22)17-9-15(30)10-18(31)21(17)35-25(26)40/h2-10,19-20,22,36H,1H3,(H,34,37)(H,35,40)(H,38,39). The van der Waals surface area contributed by atoms with Gasteiger partial charge in [0.1, 0.15) is 11.5 Å². The highest BCUT2D eigenvalue weighted by Crippen LogP contribution is 2.55. The summed E-state index contributed by atoms with van der Waals surface area (Å²) in [5.41, 5.74) is -2.28. The van der Waals surface area contributed by atoms with Crippen LogP contribution in [0.3, 0.4) is 0 Å². The fourth-order valence-corrected chi connectivity index (χ4v) is 6.59. The Kier molecular flexibility index (Phi) is 7.25. The molecule has 1 saturated heterocycles. The van der Waals surface area contributed by atoms with Gasteiger partial charge < -0.3 is 15.7 Å². The van der Waals surface area contributed by atoms with Crippen LogP contribution < -0.4 is 16.0 Å². The monoisotopic (exact) mass is 627 g/mol. The van der Waals surface area contributed by atoms with Gasteiger partial charge in [0.25, 0.3) is 5.92 Å². The van der Waals surface area contributed by atoms with Gasteiger partial charge in [-0.2, -0.15) is 8.78 Å². The summed E-state index contributed by atoms with van der Waals surface area (Å²) in [7, 11) is 0. The number of carboxylic acids is 1. The number of carboxylic acid groups (broad SMARTS) is 1. The van der Waals surface area contributed by atoms with Crippen molar-refractivity contribution < 1.29 is 28.3 Å². The number of nitrogens with one attached hydrogen (secondary N) is 3. The van der Waals surface area contributed by atoms with E-state index in [1.165, 1.54) is 42.5 Å². The van der Waals surface area contributed by atoms with Gasteiger partial charge >= 0.3 is 5.97 Å². The molecule has 3 aromatic rings. The van der Waals surface area contributed by atoms with Crippen LogP contribution in [-0.2, 0) is 25.8 Å². The first-order valence-corrected chi connectivity index (χ1v) is 13.3. The molecule has 40 heavy (non-hydrogen) atoms. The Hall–Kier alpha value is -2.95. The van der Waals surface area contributed by atoms with E-state index in [-0.39, 0.29) is 37.0 Å². The summed E-state index contributed by atoms with van der Waals surface area (Å²) in [6.45, 7) is 1.61. The van der Waals surface area contributed by atoms with Gasteiger partial charge in [0, 0.05) is 31.9 Å². The molecule has 0 bridgehead atoms. The molecule has 2 amide bonds. The molecule has 1 fully saturated rings. The van der Waals surface area contributed by atoms with Gasteiger partial charge in [-0.15, -0.1) is 0 Å². The SMILES string of the molecule is Cc1cccc(C(F)(F)C2NC3(C(=O)Nc4c(Cl)cc(Cl)cc43)C(C(=O)O)C2C(=O)Nc2cc(Cl)cc(Cl)c2)c1. The number of aliphatic carboxylic acids is 1. The number of hydrogen-bond donors (Lipinski definition) is 4. The highest BCUT2D eigenvalue weighted by molar-refractivity contribution is 6.38. The second-order valence-corrected chi connectivity index (χ2v) is 11.4. The van der Waals surface area contributed by atoms with Gasteiger partial charge in [-0.1, -0.05) is 76.2 Å². The lowest BCUT2D eigenvalue weighted by Gasteiger charge is -2.30. The minimum absolute atomic E-state index is 0.00937. The minimum Gasteiger partial charge on any atom is -0.481 e. The van der Waals surface area contributed by atoms with Crippen molar-refractivity contribution in [2.45, 2.75) is 24.4 Å². The maximum Gasteiger partial charge on any atom is 0.310 e. The lowest BCUT2D eigenvalue weighted by Crippen LogP contribution is -2.53. The summed E-state index contributed by atoms with van der Waals surface area (Å²) in [5.74, 6) is -11.6. The Balaban J connectivity index is 1.72. The molecule has 0 saturated carbocycles. The van der Waals surface area contributed by atoms with E-state index < -0.39 is 52.7 Å². The summed E-state index contributed by atoms with van der Waals surface area (Å²) in [4.78, 5) is 40.2. The average molecular weight is 629 g/mol. The summed E-state index contributed by atoms with van der Waals surface area (Å²) in [6.07, 6.45) is 0. The fourth-order valence-electron chi connectivity index (χ4n) is 5.53. The van der Waals surface area contributed by atoms with Crippen LogP contribution >= 0.6 is 46.4 Å². The molecule has 5 rings (SSSR count). The van der Waals surface area contributed by atoms with Gasteiger partial charge in [0.15, 0.2) is 0 Å². The van der Waals surface area contributed by atoms with Gasteiger partial charge in [0.05, 0.1) is 22.7 Å². The molecule has 4 atom stereocenters. The quantitative estimate of drug-likeness (QED) is 0.259. The third-order valence-corrected chi connectivity index (χ3v) is 8.09. The van der Waals surface area contributed by atoms with E-state index >= 15 is 8.78 Å². The van der Waals surface area contributed by atoms with E-state index in [1.54, 1.807) is 13.0 Å². The summed E-state index contributed by atoms with van der Waals surface area (Å²) < 4.78 is 32.8. The van der Waals surface area contributed by atoms with Crippen molar-refractivity contribution in [1.29, 1.82) is 0 Å². The van der Waals surface area contributed by atoms with Crippen LogP contribution in [0.5, 0.6) is 0 Å². The first-order valence-electron chi connectivity index (χ1n) is 11.8. The number of anilines is 2. The highest BCUT2D eigenvalue weighted by Gasteiger charge is 2.71. The maximum atomic E-state index is 16.4. The van der Waals surface area contributed by atoms with Crippen molar-refractivity contribution in [3.8, 4) is 0 Å². The predicted octanol–water partition coefficient (Wildman–Crippen LogP) is 6.48. The average Bonchev–Trinajstić information content (AvgIpc) is 3.36. The van der Waals surface area contributed by atoms with Crippen LogP contribution in [0, 0.1) is 18.8 Å². The zero-order chi connectivity index (χ0) is 29.1. The van der Waals surface area contributed by atoms with Crippen LogP contribution in [0.1, 0.15) is 16.7 Å². The smallest absolute Gasteiger partial charge is 0.310 e. The molecule has 2 aliphatic rings. The first kappa shape index (κ1) is 28.6. The van der Waals surface area contributed by atoms with E-state index in [0.29, 0.717) is 5.56 Å². The molecule has 0 aliphatic carbocycles. The highest BCUT2D eigenvalue weighted by atomic mass is 35.5. The Labute approximate surface area is 246 Å². The third-order valence-electron chi connectivity index (χ3n) is 7.14. The van der Waals surface area contributed by atoms with Crippen LogP contribution in [0.2, 0.25) is 20.1 Å². The van der Waals surface area contributed by atoms with Gasteiger partial charge in [-0.25, -0.2) is 0 Å². The molecular weight excluding hydrogens is 610 g/mol. The van der Waals surface area contributed by atoms with Gasteiger partial charge in [0.2, 0.25) is 11.8 Å². The number of rotatable bonds is 5. The predicted molar refractivity (Wildman–Crippen MR) is 148 cm³/mol. The van der Waals surface area contributed by atoms with Gasteiger partial charge in [-0.3, -0.25) is 19.7 Å². The second-order valence-electron chi connectivity index (χ2n) is 9.68. The number of carbonyl (C=O) groups is 3. The topological polar surface area (TPSA) is 108 Å². The van der Waals surface area contributed by atoms with E-state index in [4.69, 9.17) is 46.4 Å². The number of benzene rings is 3. The van der Waals surface area contributed by atoms with Crippen molar-refractivity contribution >= 4 is 75.6 Å². The number of fused-ring (bicyclic) bond motifs is 2. The Bertz CT molecular complexity index is 1570. The lowest BCUT2D eigenvalue weighted by atomic mass is 9.74. The van der Waals surface area contributed by atoms with E-state index in [1.807, 2.05) is 0 Å². The largest absolute Gasteiger partial charge is 0.481 e. The van der Waals surface area contributed by atoms with Crippen molar-refractivity contribution in [2.24, 2.45) is 11.8 Å². The number of aryl methyl sites for hydroxylation is 1. The molecule has 208 valence electrons. The van der Waals surface area contributed by atoms with Crippen molar-refractivity contribution in [3.05, 3.63) is 91.4 Å². The zero-order valence-corrected chi connectivity index (χ0v) is 23.4. The normalized spacial score (nSPS) is 23.7. The molecule has 0 aromatic heterocycles. The number of alkyl halides is 2. The summed E-state index contributed by atoms with van der Waals surface area (Å²) in [6, 6.07) is 9.88. The number of amides is 2. The lowest BCUT2D eigenvalue weighted by molar-refractivity contribution is -0.151. The minimum atomic E-state index is -3.83. The van der Waals surface area contributed by atoms with Crippen LogP contribution in [-0.4, -0.2) is 28.9 Å². The molecular formula is C27H19Cl4F2N3O4. The summed E-state index contributed by atoms with van der Waals surface area (Å²) >= 11 is 24.5. The second kappa shape index (κ2) is 10.2. The zero-order valence-electron chi connectivity index (χ0n) is 20.4. The third kappa shape index (κ3) is 4.59. The molecule has 4 N–H and O–H groups in total. The molecule has 3 aromatic carbocycles. The van der Waals surface area contributed by atoms with Gasteiger partial charge in [-0.05, 0) is 37.3 Å². The van der Waals surface area contributed by atoms with Crippen LogP contribution in [0.4, 0.5) is 20.2 Å². The van der Waals surface area contributed by atoms with Crippen LogP contribution in [0.25, 0.3) is 0 Å². The Morgan fingerprint density at radius 1 is 1.00 bits per heavy atom. The molecule has 1 spiro atoms. The number of carbonyl (C=O) groups excluding carboxylic acids is 2.